The molecule has 28 heavy (non-hydrogen) atoms. The van der Waals surface area contributed by atoms with Gasteiger partial charge < -0.3 is 5.32 Å². The van der Waals surface area contributed by atoms with E-state index in [1.807, 2.05) is 6.07 Å². The average Bonchev–Trinajstić information content (AvgIpc) is 3.09. The Labute approximate surface area is 171 Å². The van der Waals surface area contributed by atoms with Gasteiger partial charge in [0.05, 0.1) is 21.7 Å². The molecule has 0 spiro atoms. The molecule has 1 aliphatic heterocycles. The van der Waals surface area contributed by atoms with Crippen LogP contribution in [0.2, 0.25) is 5.02 Å². The van der Waals surface area contributed by atoms with Crippen molar-refractivity contribution in [1.29, 1.82) is 0 Å². The second kappa shape index (κ2) is 8.91. The van der Waals surface area contributed by atoms with Crippen molar-refractivity contribution in [3.05, 3.63) is 64.9 Å². The molecule has 1 heterocycles. The van der Waals surface area contributed by atoms with Gasteiger partial charge in [-0.3, -0.25) is 4.90 Å². The summed E-state index contributed by atoms with van der Waals surface area (Å²) < 4.78 is 39.0. The van der Waals surface area contributed by atoms with Gasteiger partial charge in [-0.25, -0.2) is 12.8 Å². The Morgan fingerprint density at radius 1 is 1.21 bits per heavy atom. The van der Waals surface area contributed by atoms with Crippen LogP contribution < -0.4 is 5.32 Å². The number of nitrogens with one attached hydrogen (secondary N) is 1. The molecule has 3 rings (SSSR count). The Balaban J connectivity index is 1.72. The smallest absolute Gasteiger partial charge is 0.179 e. The number of hydrogen-bond donors (Lipinski definition) is 1. The predicted molar refractivity (Wildman–Crippen MR) is 111 cm³/mol. The number of rotatable bonds is 7. The van der Waals surface area contributed by atoms with Crippen LogP contribution in [-0.4, -0.2) is 44.2 Å². The quantitative estimate of drug-likeness (QED) is 0.728. The lowest BCUT2D eigenvalue weighted by atomic mass is 9.99. The molecule has 0 aliphatic carbocycles. The van der Waals surface area contributed by atoms with Gasteiger partial charge in [0.25, 0.3) is 0 Å². The predicted octanol–water partition coefficient (Wildman–Crippen LogP) is 4.07. The van der Waals surface area contributed by atoms with Gasteiger partial charge in [-0.15, -0.1) is 0 Å². The minimum absolute atomic E-state index is 0.0220. The molecule has 0 amide bonds. The van der Waals surface area contributed by atoms with Crippen molar-refractivity contribution in [2.75, 3.05) is 18.8 Å². The monoisotopic (exact) mass is 424 g/mol. The minimum atomic E-state index is -3.33. The van der Waals surface area contributed by atoms with Gasteiger partial charge in [-0.1, -0.05) is 35.9 Å². The Hall–Kier alpha value is -1.47. The Morgan fingerprint density at radius 3 is 2.57 bits per heavy atom. The highest BCUT2D eigenvalue weighted by molar-refractivity contribution is 7.91. The topological polar surface area (TPSA) is 49.4 Å². The van der Waals surface area contributed by atoms with Crippen LogP contribution in [0.4, 0.5) is 4.39 Å². The highest BCUT2D eigenvalue weighted by atomic mass is 35.5. The van der Waals surface area contributed by atoms with Crippen molar-refractivity contribution in [2.45, 2.75) is 43.3 Å². The molecule has 2 atom stereocenters. The first-order chi connectivity index (χ1) is 13.3. The Kier molecular flexibility index (Phi) is 6.76. The van der Waals surface area contributed by atoms with E-state index in [1.54, 1.807) is 36.4 Å². The van der Waals surface area contributed by atoms with Crippen molar-refractivity contribution in [3.63, 3.8) is 0 Å². The number of sulfone groups is 1. The lowest BCUT2D eigenvalue weighted by molar-refractivity contribution is 0.190. The molecule has 4 nitrogen and oxygen atoms in total. The fourth-order valence-corrected chi connectivity index (χ4v) is 5.17. The number of benzene rings is 2. The first-order valence-corrected chi connectivity index (χ1v) is 11.5. The van der Waals surface area contributed by atoms with E-state index < -0.39 is 15.7 Å². The van der Waals surface area contributed by atoms with E-state index >= 15 is 0 Å². The van der Waals surface area contributed by atoms with Crippen molar-refractivity contribution in [2.24, 2.45) is 0 Å². The van der Waals surface area contributed by atoms with Gasteiger partial charge in [0.15, 0.2) is 9.84 Å². The van der Waals surface area contributed by atoms with Crippen LogP contribution in [0.1, 0.15) is 31.9 Å². The molecule has 1 saturated heterocycles. The molecule has 152 valence electrons. The van der Waals surface area contributed by atoms with Crippen molar-refractivity contribution in [3.8, 4) is 0 Å². The lowest BCUT2D eigenvalue weighted by Gasteiger charge is -2.32. The summed E-state index contributed by atoms with van der Waals surface area (Å²) in [5.41, 5.74) is 0.858. The van der Waals surface area contributed by atoms with Gasteiger partial charge in [0, 0.05) is 25.2 Å². The molecule has 2 aromatic carbocycles. The molecule has 1 N–H and O–H groups in total. The van der Waals surface area contributed by atoms with Gasteiger partial charge in [0.1, 0.15) is 5.82 Å². The fourth-order valence-electron chi connectivity index (χ4n) is 3.85. The van der Waals surface area contributed by atoms with Crippen LogP contribution in [0.5, 0.6) is 0 Å². The normalized spacial score (nSPS) is 20.8. The van der Waals surface area contributed by atoms with Crippen molar-refractivity contribution in [1.82, 2.24) is 10.2 Å². The SMILES string of the molecule is CC(C)N1CC[C@@H](NCCS(=O)(=O)c2ccccc2)[C@@H]1c1ccc(Cl)c(F)c1. The summed E-state index contributed by atoms with van der Waals surface area (Å²) in [6, 6.07) is 13.7. The van der Waals surface area contributed by atoms with Crippen LogP contribution in [-0.2, 0) is 9.84 Å². The van der Waals surface area contributed by atoms with E-state index in [0.717, 1.165) is 18.5 Å². The number of halogens is 2. The molecule has 0 saturated carbocycles. The van der Waals surface area contributed by atoms with Crippen LogP contribution >= 0.6 is 11.6 Å². The van der Waals surface area contributed by atoms with Gasteiger partial charge in [0.2, 0.25) is 0 Å². The zero-order chi connectivity index (χ0) is 20.3. The number of hydrogen-bond acceptors (Lipinski definition) is 4. The summed E-state index contributed by atoms with van der Waals surface area (Å²) in [6.07, 6.45) is 0.873. The molecule has 7 heteroatoms. The molecular weight excluding hydrogens is 399 g/mol. The van der Waals surface area contributed by atoms with Gasteiger partial charge in [-0.05, 0) is 50.1 Å². The molecular formula is C21H26ClFN2O2S. The zero-order valence-electron chi connectivity index (χ0n) is 16.1. The van der Waals surface area contributed by atoms with E-state index in [4.69, 9.17) is 11.6 Å². The largest absolute Gasteiger partial charge is 0.311 e. The van der Waals surface area contributed by atoms with E-state index in [-0.39, 0.29) is 22.9 Å². The fraction of sp³-hybridized carbons (Fsp3) is 0.429. The molecule has 2 aromatic rings. The van der Waals surface area contributed by atoms with E-state index in [0.29, 0.717) is 17.5 Å². The van der Waals surface area contributed by atoms with Crippen LogP contribution in [0.25, 0.3) is 0 Å². The third kappa shape index (κ3) is 4.74. The number of likely N-dealkylation sites (tertiary alicyclic amines) is 1. The third-order valence-corrected chi connectivity index (χ3v) is 7.30. The maximum absolute atomic E-state index is 14.0. The maximum atomic E-state index is 14.0. The standard InChI is InChI=1S/C21H26ClFN2O2S/c1-15(2)25-12-10-20(21(25)16-8-9-18(22)19(23)14-16)24-11-13-28(26,27)17-6-4-3-5-7-17/h3-9,14-15,20-21,24H,10-13H2,1-2H3/t20-,21+/m1/s1. The van der Waals surface area contributed by atoms with Crippen molar-refractivity contribution >= 4 is 21.4 Å². The first-order valence-electron chi connectivity index (χ1n) is 9.51. The minimum Gasteiger partial charge on any atom is -0.311 e. The Morgan fingerprint density at radius 2 is 1.93 bits per heavy atom. The molecule has 0 radical (unpaired) electrons. The van der Waals surface area contributed by atoms with Crippen molar-refractivity contribution < 1.29 is 12.8 Å². The summed E-state index contributed by atoms with van der Waals surface area (Å²) in [4.78, 5) is 2.65. The second-order valence-electron chi connectivity index (χ2n) is 7.43. The Bertz CT molecular complexity index is 906. The molecule has 1 fully saturated rings. The summed E-state index contributed by atoms with van der Waals surface area (Å²) in [7, 11) is -3.33. The number of nitrogens with zero attached hydrogens (tertiary/aromatic N) is 1. The third-order valence-electron chi connectivity index (χ3n) is 5.26. The zero-order valence-corrected chi connectivity index (χ0v) is 17.7. The van der Waals surface area contributed by atoms with E-state index in [2.05, 4.69) is 24.1 Å². The molecule has 0 unspecified atom stereocenters. The van der Waals surface area contributed by atoms with Gasteiger partial charge in [-0.2, -0.15) is 0 Å². The average molecular weight is 425 g/mol. The van der Waals surface area contributed by atoms with E-state index in [1.165, 1.54) is 6.07 Å². The maximum Gasteiger partial charge on any atom is 0.179 e. The second-order valence-corrected chi connectivity index (χ2v) is 9.95. The molecule has 0 bridgehead atoms. The van der Waals surface area contributed by atoms with Crippen LogP contribution in [0.15, 0.2) is 53.4 Å². The lowest BCUT2D eigenvalue weighted by Crippen LogP contribution is -2.40. The summed E-state index contributed by atoms with van der Waals surface area (Å²) in [5.74, 6) is -0.406. The van der Waals surface area contributed by atoms with Crippen LogP contribution in [0.3, 0.4) is 0 Å². The summed E-state index contributed by atoms with van der Waals surface area (Å²) in [6.45, 7) is 5.44. The van der Waals surface area contributed by atoms with E-state index in [9.17, 15) is 12.8 Å². The summed E-state index contributed by atoms with van der Waals surface area (Å²) >= 11 is 5.84. The van der Waals surface area contributed by atoms with Crippen LogP contribution in [0, 0.1) is 5.82 Å². The molecule has 1 aliphatic rings. The van der Waals surface area contributed by atoms with Gasteiger partial charge >= 0.3 is 0 Å². The first kappa shape index (κ1) is 21.2. The summed E-state index contributed by atoms with van der Waals surface area (Å²) in [5, 5.41) is 3.51. The highest BCUT2D eigenvalue weighted by Crippen LogP contribution is 2.35. The molecule has 0 aromatic heterocycles. The highest BCUT2D eigenvalue weighted by Gasteiger charge is 2.36.